The van der Waals surface area contributed by atoms with Crippen LogP contribution in [0.5, 0.6) is 5.75 Å². The number of nitrogens with zero attached hydrogens (tertiary/aromatic N) is 1. The fourth-order valence-electron chi connectivity index (χ4n) is 2.53. The first-order valence-corrected chi connectivity index (χ1v) is 8.06. The number of anilines is 2. The Labute approximate surface area is 155 Å². The van der Waals surface area contributed by atoms with Crippen molar-refractivity contribution in [3.63, 3.8) is 0 Å². The summed E-state index contributed by atoms with van der Waals surface area (Å²) in [5.74, 6) is 0.275. The SMILES string of the molecule is COc1ccc(C(=O)Nc2cc(-c3ccncc3)ccc2NC(=O)O)cc1. The van der Waals surface area contributed by atoms with Gasteiger partial charge >= 0.3 is 6.09 Å². The number of hydrogen-bond acceptors (Lipinski definition) is 4. The Balaban J connectivity index is 1.92. The summed E-state index contributed by atoms with van der Waals surface area (Å²) in [7, 11) is 1.55. The lowest BCUT2D eigenvalue weighted by molar-refractivity contribution is 0.102. The second kappa shape index (κ2) is 8.01. The first-order valence-electron chi connectivity index (χ1n) is 8.06. The van der Waals surface area contributed by atoms with Gasteiger partial charge in [-0.25, -0.2) is 4.79 Å². The zero-order chi connectivity index (χ0) is 19.2. The predicted octanol–water partition coefficient (Wildman–Crippen LogP) is 4.10. The fraction of sp³-hybridized carbons (Fsp3) is 0.0500. The lowest BCUT2D eigenvalue weighted by Gasteiger charge is -2.13. The maximum absolute atomic E-state index is 12.6. The molecule has 0 atom stereocenters. The molecular formula is C20H17N3O4. The molecule has 1 aromatic heterocycles. The van der Waals surface area contributed by atoms with E-state index in [1.165, 1.54) is 0 Å². The highest BCUT2D eigenvalue weighted by Gasteiger charge is 2.12. The van der Waals surface area contributed by atoms with Crippen LogP contribution in [0.25, 0.3) is 11.1 Å². The molecule has 136 valence electrons. The number of benzene rings is 2. The van der Waals surface area contributed by atoms with Gasteiger partial charge in [-0.2, -0.15) is 0 Å². The molecule has 0 fully saturated rings. The van der Waals surface area contributed by atoms with E-state index in [9.17, 15) is 9.59 Å². The maximum atomic E-state index is 12.6. The molecule has 2 aromatic carbocycles. The Kier molecular flexibility index (Phi) is 5.32. The molecule has 3 rings (SSSR count). The van der Waals surface area contributed by atoms with E-state index in [4.69, 9.17) is 9.84 Å². The number of methoxy groups -OCH3 is 1. The van der Waals surface area contributed by atoms with Crippen LogP contribution in [-0.4, -0.2) is 29.2 Å². The Morgan fingerprint density at radius 1 is 0.889 bits per heavy atom. The summed E-state index contributed by atoms with van der Waals surface area (Å²) in [6.07, 6.45) is 2.11. The summed E-state index contributed by atoms with van der Waals surface area (Å²) in [6, 6.07) is 15.4. The minimum atomic E-state index is -1.22. The highest BCUT2D eigenvalue weighted by molar-refractivity contribution is 6.07. The lowest BCUT2D eigenvalue weighted by Crippen LogP contribution is -2.15. The highest BCUT2D eigenvalue weighted by atomic mass is 16.5. The Bertz CT molecular complexity index is 957. The van der Waals surface area contributed by atoms with Crippen molar-refractivity contribution in [1.29, 1.82) is 0 Å². The molecule has 0 unspecified atom stereocenters. The molecule has 0 aliphatic rings. The van der Waals surface area contributed by atoms with E-state index in [1.807, 2.05) is 12.1 Å². The second-order valence-corrected chi connectivity index (χ2v) is 5.61. The third-order valence-corrected chi connectivity index (χ3v) is 3.88. The molecule has 3 aromatic rings. The van der Waals surface area contributed by atoms with Crippen molar-refractivity contribution in [3.8, 4) is 16.9 Å². The van der Waals surface area contributed by atoms with Crippen molar-refractivity contribution in [2.75, 3.05) is 17.7 Å². The summed E-state index contributed by atoms with van der Waals surface area (Å²) in [4.78, 5) is 27.6. The van der Waals surface area contributed by atoms with Crippen LogP contribution in [0.15, 0.2) is 67.0 Å². The van der Waals surface area contributed by atoms with Crippen LogP contribution in [0.2, 0.25) is 0 Å². The first-order chi connectivity index (χ1) is 13.1. The molecule has 0 radical (unpaired) electrons. The number of nitrogens with one attached hydrogen (secondary N) is 2. The number of carboxylic acid groups (broad SMARTS) is 1. The standard InChI is InChI=1S/C20H17N3O4/c1-27-16-5-2-14(3-6-16)19(24)22-18-12-15(13-8-10-21-11-9-13)4-7-17(18)23-20(25)26/h2-12,23H,1H3,(H,22,24)(H,25,26). The average Bonchev–Trinajstić information content (AvgIpc) is 2.69. The predicted molar refractivity (Wildman–Crippen MR) is 102 cm³/mol. The van der Waals surface area contributed by atoms with Gasteiger partial charge in [0, 0.05) is 18.0 Å². The molecule has 7 nitrogen and oxygen atoms in total. The van der Waals surface area contributed by atoms with Crippen molar-refractivity contribution in [2.45, 2.75) is 0 Å². The van der Waals surface area contributed by atoms with Gasteiger partial charge in [0.2, 0.25) is 0 Å². The summed E-state index contributed by atoms with van der Waals surface area (Å²) in [5, 5.41) is 14.1. The van der Waals surface area contributed by atoms with Gasteiger partial charge in [0.25, 0.3) is 5.91 Å². The molecule has 2 amide bonds. The van der Waals surface area contributed by atoms with Crippen LogP contribution in [0.4, 0.5) is 16.2 Å². The number of rotatable bonds is 5. The molecule has 0 saturated carbocycles. The van der Waals surface area contributed by atoms with E-state index in [1.54, 1.807) is 62.0 Å². The van der Waals surface area contributed by atoms with E-state index in [-0.39, 0.29) is 11.6 Å². The van der Waals surface area contributed by atoms with Gasteiger partial charge < -0.3 is 15.2 Å². The quantitative estimate of drug-likeness (QED) is 0.634. The molecule has 7 heteroatoms. The van der Waals surface area contributed by atoms with Gasteiger partial charge in [0.1, 0.15) is 5.75 Å². The minimum absolute atomic E-state index is 0.280. The topological polar surface area (TPSA) is 101 Å². The van der Waals surface area contributed by atoms with Crippen molar-refractivity contribution >= 4 is 23.4 Å². The van der Waals surface area contributed by atoms with Gasteiger partial charge in [-0.15, -0.1) is 0 Å². The Morgan fingerprint density at radius 3 is 2.22 bits per heavy atom. The van der Waals surface area contributed by atoms with Crippen molar-refractivity contribution in [2.24, 2.45) is 0 Å². The fourth-order valence-corrected chi connectivity index (χ4v) is 2.53. The van der Waals surface area contributed by atoms with Gasteiger partial charge in [-0.1, -0.05) is 6.07 Å². The molecule has 1 heterocycles. The Morgan fingerprint density at radius 2 is 1.59 bits per heavy atom. The summed E-state index contributed by atoms with van der Waals surface area (Å²) < 4.78 is 5.08. The maximum Gasteiger partial charge on any atom is 0.409 e. The molecule has 0 aliphatic carbocycles. The molecule has 0 saturated heterocycles. The van der Waals surface area contributed by atoms with Crippen LogP contribution >= 0.6 is 0 Å². The minimum Gasteiger partial charge on any atom is -0.497 e. The number of hydrogen-bond donors (Lipinski definition) is 3. The van der Waals surface area contributed by atoms with Gasteiger partial charge in [-0.3, -0.25) is 15.1 Å². The molecule has 0 aliphatic heterocycles. The molecule has 0 bridgehead atoms. The van der Waals surface area contributed by atoms with Gasteiger partial charge in [-0.05, 0) is 59.7 Å². The van der Waals surface area contributed by atoms with Gasteiger partial charge in [0.05, 0.1) is 18.5 Å². The molecule has 0 spiro atoms. The number of carbonyl (C=O) groups excluding carboxylic acids is 1. The number of aromatic nitrogens is 1. The average molecular weight is 363 g/mol. The number of amides is 2. The van der Waals surface area contributed by atoms with Crippen LogP contribution < -0.4 is 15.4 Å². The number of pyridine rings is 1. The van der Waals surface area contributed by atoms with Crippen molar-refractivity contribution in [1.82, 2.24) is 4.98 Å². The van der Waals surface area contributed by atoms with Crippen LogP contribution in [0.1, 0.15) is 10.4 Å². The summed E-state index contributed by atoms with van der Waals surface area (Å²) in [6.45, 7) is 0. The molecular weight excluding hydrogens is 346 g/mol. The van der Waals surface area contributed by atoms with E-state index in [2.05, 4.69) is 15.6 Å². The van der Waals surface area contributed by atoms with Crippen LogP contribution in [-0.2, 0) is 0 Å². The smallest absolute Gasteiger partial charge is 0.409 e. The zero-order valence-corrected chi connectivity index (χ0v) is 14.5. The Hall–Kier alpha value is -3.87. The lowest BCUT2D eigenvalue weighted by atomic mass is 10.1. The van der Waals surface area contributed by atoms with Crippen molar-refractivity contribution < 1.29 is 19.4 Å². The highest BCUT2D eigenvalue weighted by Crippen LogP contribution is 2.29. The monoisotopic (exact) mass is 363 g/mol. The van der Waals surface area contributed by atoms with Crippen LogP contribution in [0.3, 0.4) is 0 Å². The summed E-state index contributed by atoms with van der Waals surface area (Å²) in [5.41, 5.74) is 2.77. The number of ether oxygens (including phenoxy) is 1. The van der Waals surface area contributed by atoms with Crippen molar-refractivity contribution in [3.05, 3.63) is 72.6 Å². The largest absolute Gasteiger partial charge is 0.497 e. The second-order valence-electron chi connectivity index (χ2n) is 5.61. The normalized spacial score (nSPS) is 10.1. The zero-order valence-electron chi connectivity index (χ0n) is 14.5. The van der Waals surface area contributed by atoms with Gasteiger partial charge in [0.15, 0.2) is 0 Å². The first kappa shape index (κ1) is 17.9. The van der Waals surface area contributed by atoms with E-state index in [0.29, 0.717) is 17.0 Å². The third kappa shape index (κ3) is 4.40. The van der Waals surface area contributed by atoms with E-state index in [0.717, 1.165) is 11.1 Å². The summed E-state index contributed by atoms with van der Waals surface area (Å²) >= 11 is 0. The molecule has 27 heavy (non-hydrogen) atoms. The third-order valence-electron chi connectivity index (χ3n) is 3.88. The molecule has 3 N–H and O–H groups in total. The van der Waals surface area contributed by atoms with E-state index < -0.39 is 6.09 Å². The van der Waals surface area contributed by atoms with Crippen LogP contribution in [0, 0.1) is 0 Å². The number of carbonyl (C=O) groups is 2. The van der Waals surface area contributed by atoms with E-state index >= 15 is 0 Å².